The SMILES string of the molecule is N=C(OO)SC(=NC1CC2CCC1C2)NC1CC2CCC1C2. The van der Waals surface area contributed by atoms with Crippen molar-refractivity contribution in [3.63, 3.8) is 0 Å². The largest absolute Gasteiger partial charge is 0.361 e. The summed E-state index contributed by atoms with van der Waals surface area (Å²) >= 11 is 1.12. The van der Waals surface area contributed by atoms with E-state index in [4.69, 9.17) is 15.7 Å². The van der Waals surface area contributed by atoms with Crippen LogP contribution in [0, 0.1) is 29.1 Å². The van der Waals surface area contributed by atoms with Crippen LogP contribution in [0.4, 0.5) is 0 Å². The van der Waals surface area contributed by atoms with E-state index in [2.05, 4.69) is 10.2 Å². The van der Waals surface area contributed by atoms with E-state index < -0.39 is 0 Å². The number of hydrogen-bond donors (Lipinski definition) is 3. The summed E-state index contributed by atoms with van der Waals surface area (Å²) in [6.07, 6.45) is 10.5. The summed E-state index contributed by atoms with van der Waals surface area (Å²) in [4.78, 5) is 8.99. The molecule has 0 aromatic carbocycles. The topological polar surface area (TPSA) is 77.7 Å². The second-order valence-electron chi connectivity index (χ2n) is 7.58. The molecule has 4 aliphatic rings. The van der Waals surface area contributed by atoms with Gasteiger partial charge in [-0.25, -0.2) is 5.26 Å². The maximum atomic E-state index is 8.69. The first-order chi connectivity index (χ1) is 10.7. The fourth-order valence-corrected chi connectivity index (χ4v) is 5.91. The van der Waals surface area contributed by atoms with Crippen molar-refractivity contribution in [3.8, 4) is 0 Å². The highest BCUT2D eigenvalue weighted by Crippen LogP contribution is 2.47. The van der Waals surface area contributed by atoms with Crippen LogP contribution < -0.4 is 5.32 Å². The molecular weight excluding hydrogens is 298 g/mol. The molecule has 3 N–H and O–H groups in total. The van der Waals surface area contributed by atoms with Gasteiger partial charge in [0.25, 0.3) is 5.23 Å². The summed E-state index contributed by atoms with van der Waals surface area (Å²) in [5.74, 6) is 3.23. The first-order valence-electron chi connectivity index (χ1n) is 8.63. The Hall–Kier alpha value is -0.750. The Labute approximate surface area is 135 Å². The molecule has 0 saturated heterocycles. The Bertz CT molecular complexity index is 484. The Morgan fingerprint density at radius 3 is 2.32 bits per heavy atom. The summed E-state index contributed by atoms with van der Waals surface area (Å²) in [6.45, 7) is 0. The summed E-state index contributed by atoms with van der Waals surface area (Å²) in [5.41, 5.74) is 0. The van der Waals surface area contributed by atoms with E-state index in [1.807, 2.05) is 0 Å². The van der Waals surface area contributed by atoms with Gasteiger partial charge in [0.2, 0.25) is 0 Å². The Balaban J connectivity index is 1.45. The number of hydrogen-bond acceptors (Lipinski definition) is 5. The third-order valence-electron chi connectivity index (χ3n) is 6.30. The van der Waals surface area contributed by atoms with Gasteiger partial charge >= 0.3 is 0 Å². The molecule has 0 aromatic rings. The van der Waals surface area contributed by atoms with E-state index in [1.165, 1.54) is 51.4 Å². The zero-order valence-electron chi connectivity index (χ0n) is 12.8. The van der Waals surface area contributed by atoms with Crippen molar-refractivity contribution in [2.45, 2.75) is 63.5 Å². The quantitative estimate of drug-likeness (QED) is 0.315. The Kier molecular flexibility index (Phi) is 4.07. The van der Waals surface area contributed by atoms with Gasteiger partial charge < -0.3 is 10.2 Å². The number of fused-ring (bicyclic) bond motifs is 4. The normalized spacial score (nSPS) is 42.9. The summed E-state index contributed by atoms with van der Waals surface area (Å²) in [7, 11) is 0. The molecule has 6 unspecified atom stereocenters. The summed E-state index contributed by atoms with van der Waals surface area (Å²) < 4.78 is 0. The molecule has 0 spiro atoms. The van der Waals surface area contributed by atoms with Crippen LogP contribution in [0.5, 0.6) is 0 Å². The minimum Gasteiger partial charge on any atom is -0.361 e. The number of thioether (sulfide) groups is 1. The van der Waals surface area contributed by atoms with Crippen LogP contribution in [-0.2, 0) is 4.89 Å². The van der Waals surface area contributed by atoms with Crippen LogP contribution in [0.3, 0.4) is 0 Å². The van der Waals surface area contributed by atoms with Gasteiger partial charge in [-0.15, -0.1) is 0 Å². The monoisotopic (exact) mass is 323 g/mol. The van der Waals surface area contributed by atoms with Crippen molar-refractivity contribution < 1.29 is 10.1 Å². The van der Waals surface area contributed by atoms with Gasteiger partial charge in [-0.2, -0.15) is 0 Å². The zero-order valence-corrected chi connectivity index (χ0v) is 13.6. The van der Waals surface area contributed by atoms with Gasteiger partial charge in [0, 0.05) is 17.8 Å². The fourth-order valence-electron chi connectivity index (χ4n) is 5.30. The highest BCUT2D eigenvalue weighted by atomic mass is 32.2. The van der Waals surface area contributed by atoms with Gasteiger partial charge in [0.15, 0.2) is 5.17 Å². The van der Waals surface area contributed by atoms with Gasteiger partial charge in [-0.3, -0.25) is 10.4 Å². The van der Waals surface area contributed by atoms with Crippen molar-refractivity contribution in [3.05, 3.63) is 0 Å². The third kappa shape index (κ3) is 2.87. The van der Waals surface area contributed by atoms with Crippen molar-refractivity contribution in [1.82, 2.24) is 5.32 Å². The molecule has 0 aliphatic heterocycles. The van der Waals surface area contributed by atoms with Crippen LogP contribution in [-0.4, -0.2) is 27.7 Å². The molecule has 4 fully saturated rings. The Morgan fingerprint density at radius 1 is 1.05 bits per heavy atom. The van der Waals surface area contributed by atoms with Gasteiger partial charge in [-0.1, -0.05) is 12.8 Å². The van der Waals surface area contributed by atoms with E-state index in [1.54, 1.807) is 0 Å². The molecule has 6 heteroatoms. The minimum absolute atomic E-state index is 0.197. The number of amidine groups is 1. The van der Waals surface area contributed by atoms with E-state index >= 15 is 0 Å². The molecule has 4 rings (SSSR count). The highest BCUT2D eigenvalue weighted by Gasteiger charge is 2.42. The second kappa shape index (κ2) is 6.04. The maximum absolute atomic E-state index is 8.69. The molecule has 6 atom stereocenters. The predicted molar refractivity (Wildman–Crippen MR) is 88.1 cm³/mol. The van der Waals surface area contributed by atoms with E-state index in [9.17, 15) is 0 Å². The standard InChI is InChI=1S/C16H25N3O2S/c17-15(21-20)22-16(18-13-7-9-1-3-11(13)5-9)19-14-8-10-2-4-12(14)6-10/h9-14,17,20H,1-8H2,(H,18,19). The van der Waals surface area contributed by atoms with Crippen LogP contribution in [0.15, 0.2) is 4.99 Å². The summed E-state index contributed by atoms with van der Waals surface area (Å²) in [5, 5.41) is 20.5. The number of nitrogens with zero attached hydrogens (tertiary/aromatic N) is 1. The first kappa shape index (κ1) is 14.8. The van der Waals surface area contributed by atoms with Crippen molar-refractivity contribution >= 4 is 22.2 Å². The smallest absolute Gasteiger partial charge is 0.291 e. The number of aliphatic imine (C=N–C) groups is 1. The zero-order chi connectivity index (χ0) is 15.1. The lowest BCUT2D eigenvalue weighted by Gasteiger charge is -2.26. The Morgan fingerprint density at radius 2 is 1.77 bits per heavy atom. The lowest BCUT2D eigenvalue weighted by molar-refractivity contribution is -0.151. The molecule has 0 amide bonds. The van der Waals surface area contributed by atoms with Crippen LogP contribution in [0.1, 0.15) is 51.4 Å². The van der Waals surface area contributed by atoms with Gasteiger partial charge in [0.1, 0.15) is 0 Å². The molecule has 4 aliphatic carbocycles. The molecule has 122 valence electrons. The lowest BCUT2D eigenvalue weighted by Crippen LogP contribution is -2.38. The molecular formula is C16H25N3O2S. The average molecular weight is 323 g/mol. The fraction of sp³-hybridized carbons (Fsp3) is 0.875. The molecule has 22 heavy (non-hydrogen) atoms. The number of nitrogens with one attached hydrogen (secondary N) is 2. The third-order valence-corrected chi connectivity index (χ3v) is 6.98. The minimum atomic E-state index is -0.197. The van der Waals surface area contributed by atoms with E-state index in [0.717, 1.165) is 40.6 Å². The maximum Gasteiger partial charge on any atom is 0.291 e. The molecule has 0 radical (unpaired) electrons. The second-order valence-corrected chi connectivity index (χ2v) is 8.54. The van der Waals surface area contributed by atoms with Gasteiger partial charge in [-0.05, 0) is 62.2 Å². The highest BCUT2D eigenvalue weighted by molar-refractivity contribution is 8.26. The molecule has 0 heterocycles. The lowest BCUT2D eigenvalue weighted by atomic mass is 9.95. The average Bonchev–Trinajstić information content (AvgIpc) is 3.27. The van der Waals surface area contributed by atoms with Crippen molar-refractivity contribution in [1.29, 1.82) is 5.41 Å². The van der Waals surface area contributed by atoms with Crippen molar-refractivity contribution in [2.24, 2.45) is 28.7 Å². The predicted octanol–water partition coefficient (Wildman–Crippen LogP) is 3.47. The van der Waals surface area contributed by atoms with Gasteiger partial charge in [0.05, 0.1) is 6.04 Å². The molecule has 4 saturated carbocycles. The van der Waals surface area contributed by atoms with E-state index in [0.29, 0.717) is 12.1 Å². The molecule has 0 aromatic heterocycles. The van der Waals surface area contributed by atoms with Crippen LogP contribution in [0.2, 0.25) is 0 Å². The van der Waals surface area contributed by atoms with Crippen molar-refractivity contribution in [2.75, 3.05) is 0 Å². The van der Waals surface area contributed by atoms with Crippen LogP contribution in [0.25, 0.3) is 0 Å². The molecule has 5 nitrogen and oxygen atoms in total. The first-order valence-corrected chi connectivity index (χ1v) is 9.45. The number of rotatable bonds is 2. The molecule has 4 bridgehead atoms. The van der Waals surface area contributed by atoms with E-state index in [-0.39, 0.29) is 5.23 Å². The summed E-state index contributed by atoms with van der Waals surface area (Å²) in [6, 6.07) is 0.897. The van der Waals surface area contributed by atoms with Crippen LogP contribution >= 0.6 is 11.8 Å².